The van der Waals surface area contributed by atoms with Crippen molar-refractivity contribution in [2.45, 2.75) is 26.3 Å². The van der Waals surface area contributed by atoms with Gasteiger partial charge in [-0.25, -0.2) is 0 Å². The molecule has 1 rings (SSSR count). The van der Waals surface area contributed by atoms with Crippen LogP contribution in [0.15, 0.2) is 18.2 Å². The highest BCUT2D eigenvalue weighted by Gasteiger charge is 2.24. The first-order valence-electron chi connectivity index (χ1n) is 4.78. The van der Waals surface area contributed by atoms with Crippen LogP contribution in [0.1, 0.15) is 19.4 Å². The maximum Gasteiger partial charge on any atom is 0.242 e. The van der Waals surface area contributed by atoms with Crippen molar-refractivity contribution in [1.29, 1.82) is 0 Å². The van der Waals surface area contributed by atoms with Gasteiger partial charge in [0.25, 0.3) is 0 Å². The Labute approximate surface area is 89.6 Å². The summed E-state index contributed by atoms with van der Waals surface area (Å²) >= 11 is 0. The van der Waals surface area contributed by atoms with Crippen LogP contribution in [0.3, 0.4) is 0 Å². The molecular weight excluding hydrogens is 190 g/mol. The first-order chi connectivity index (χ1) is 6.84. The van der Waals surface area contributed by atoms with Gasteiger partial charge in [0.15, 0.2) is 0 Å². The molecule has 0 saturated carbocycles. The second-order valence-corrected chi connectivity index (χ2v) is 4.13. The van der Waals surface area contributed by atoms with Gasteiger partial charge in [-0.05, 0) is 38.5 Å². The lowest BCUT2D eigenvalue weighted by molar-refractivity contribution is -0.121. The zero-order valence-electron chi connectivity index (χ0n) is 9.29. The molecule has 0 fully saturated rings. The van der Waals surface area contributed by atoms with E-state index in [-0.39, 0.29) is 0 Å². The number of rotatable bonds is 3. The van der Waals surface area contributed by atoms with E-state index in [2.05, 4.69) is 5.32 Å². The van der Waals surface area contributed by atoms with E-state index in [4.69, 9.17) is 11.5 Å². The van der Waals surface area contributed by atoms with Crippen LogP contribution in [0, 0.1) is 6.92 Å². The van der Waals surface area contributed by atoms with Gasteiger partial charge in [0.05, 0.1) is 0 Å². The first-order valence-corrected chi connectivity index (χ1v) is 4.78. The molecule has 0 unspecified atom stereocenters. The van der Waals surface area contributed by atoms with E-state index < -0.39 is 11.4 Å². The number of nitrogens with one attached hydrogen (secondary N) is 1. The average Bonchev–Trinajstić information content (AvgIpc) is 2.12. The van der Waals surface area contributed by atoms with Crippen LogP contribution in [-0.4, -0.2) is 11.4 Å². The van der Waals surface area contributed by atoms with E-state index in [0.29, 0.717) is 5.69 Å². The van der Waals surface area contributed by atoms with Gasteiger partial charge in [0.2, 0.25) is 5.91 Å². The monoisotopic (exact) mass is 207 g/mol. The molecule has 0 bridgehead atoms. The second kappa shape index (κ2) is 3.81. The van der Waals surface area contributed by atoms with E-state index in [0.717, 1.165) is 11.3 Å². The smallest absolute Gasteiger partial charge is 0.242 e. The van der Waals surface area contributed by atoms with E-state index in [9.17, 15) is 4.79 Å². The van der Waals surface area contributed by atoms with Crippen molar-refractivity contribution in [3.05, 3.63) is 23.8 Å². The highest BCUT2D eigenvalue weighted by molar-refractivity contribution is 5.87. The third-order valence-corrected chi connectivity index (χ3v) is 2.44. The Morgan fingerprint density at radius 1 is 1.40 bits per heavy atom. The molecular formula is C11H17N3O. The number of primary amides is 1. The van der Waals surface area contributed by atoms with Gasteiger partial charge in [-0.1, -0.05) is 6.07 Å². The molecule has 1 aromatic rings. The lowest BCUT2D eigenvalue weighted by atomic mass is 10.0. The summed E-state index contributed by atoms with van der Waals surface area (Å²) in [6.45, 7) is 5.37. The number of amides is 1. The minimum absolute atomic E-state index is 0.399. The molecule has 5 N–H and O–H groups in total. The van der Waals surface area contributed by atoms with Crippen LogP contribution in [0.25, 0.3) is 0 Å². The molecule has 82 valence electrons. The zero-order valence-corrected chi connectivity index (χ0v) is 9.29. The Bertz CT molecular complexity index is 385. The minimum atomic E-state index is -0.779. The van der Waals surface area contributed by atoms with Crippen LogP contribution in [0.5, 0.6) is 0 Å². The standard InChI is InChI=1S/C11H17N3O/c1-7-8(12)5-4-6-9(7)14-11(2,3)10(13)15/h4-6,14H,12H2,1-3H3,(H2,13,15). The minimum Gasteiger partial charge on any atom is -0.398 e. The molecule has 0 spiro atoms. The molecule has 0 saturated heterocycles. The Balaban J connectivity index is 3.00. The molecule has 0 aliphatic heterocycles. The fraction of sp³-hybridized carbons (Fsp3) is 0.364. The van der Waals surface area contributed by atoms with Gasteiger partial charge in [-0.15, -0.1) is 0 Å². The molecule has 0 aromatic heterocycles. The highest BCUT2D eigenvalue weighted by atomic mass is 16.1. The lowest BCUT2D eigenvalue weighted by Gasteiger charge is -2.25. The average molecular weight is 207 g/mol. The number of carbonyl (C=O) groups excluding carboxylic acids is 1. The summed E-state index contributed by atoms with van der Waals surface area (Å²) in [6, 6.07) is 5.52. The number of hydrogen-bond acceptors (Lipinski definition) is 3. The number of nitrogen functional groups attached to an aromatic ring is 1. The summed E-state index contributed by atoms with van der Waals surface area (Å²) < 4.78 is 0. The SMILES string of the molecule is Cc1c(N)cccc1NC(C)(C)C(N)=O. The third-order valence-electron chi connectivity index (χ3n) is 2.44. The van der Waals surface area contributed by atoms with Crippen molar-refractivity contribution >= 4 is 17.3 Å². The van der Waals surface area contributed by atoms with Gasteiger partial charge < -0.3 is 16.8 Å². The van der Waals surface area contributed by atoms with Crippen LogP contribution in [0.2, 0.25) is 0 Å². The van der Waals surface area contributed by atoms with E-state index in [1.165, 1.54) is 0 Å². The largest absolute Gasteiger partial charge is 0.398 e. The molecule has 4 nitrogen and oxygen atoms in total. The number of anilines is 2. The molecule has 15 heavy (non-hydrogen) atoms. The summed E-state index contributed by atoms with van der Waals surface area (Å²) in [5.41, 5.74) is 12.7. The zero-order chi connectivity index (χ0) is 11.6. The van der Waals surface area contributed by atoms with Crippen molar-refractivity contribution in [3.8, 4) is 0 Å². The Kier molecular flexibility index (Phi) is 2.88. The molecule has 0 aliphatic rings. The van der Waals surface area contributed by atoms with Gasteiger partial charge in [0.1, 0.15) is 5.54 Å². The van der Waals surface area contributed by atoms with Crippen molar-refractivity contribution in [3.63, 3.8) is 0 Å². The molecule has 4 heteroatoms. The fourth-order valence-electron chi connectivity index (χ4n) is 1.19. The van der Waals surface area contributed by atoms with Crippen LogP contribution in [0.4, 0.5) is 11.4 Å². The highest BCUT2D eigenvalue weighted by Crippen LogP contribution is 2.23. The molecule has 1 aromatic carbocycles. The Morgan fingerprint density at radius 2 is 2.00 bits per heavy atom. The predicted octanol–water partition coefficient (Wildman–Crippen LogP) is 1.25. The predicted molar refractivity (Wildman–Crippen MR) is 62.5 cm³/mol. The summed E-state index contributed by atoms with van der Waals surface area (Å²) in [6.07, 6.45) is 0. The van der Waals surface area contributed by atoms with Crippen LogP contribution < -0.4 is 16.8 Å². The van der Waals surface area contributed by atoms with Gasteiger partial charge >= 0.3 is 0 Å². The van der Waals surface area contributed by atoms with Crippen molar-refractivity contribution in [2.75, 3.05) is 11.1 Å². The molecule has 0 aliphatic carbocycles. The van der Waals surface area contributed by atoms with Crippen molar-refractivity contribution in [1.82, 2.24) is 0 Å². The van der Waals surface area contributed by atoms with E-state index >= 15 is 0 Å². The van der Waals surface area contributed by atoms with E-state index in [1.54, 1.807) is 13.8 Å². The van der Waals surface area contributed by atoms with Gasteiger partial charge in [0, 0.05) is 11.4 Å². The summed E-state index contributed by atoms with van der Waals surface area (Å²) in [5, 5.41) is 3.07. The number of nitrogens with two attached hydrogens (primary N) is 2. The normalized spacial score (nSPS) is 11.1. The lowest BCUT2D eigenvalue weighted by Crippen LogP contribution is -2.45. The molecule has 1 amide bonds. The number of carbonyl (C=O) groups is 1. The third kappa shape index (κ3) is 2.40. The number of benzene rings is 1. The van der Waals surface area contributed by atoms with Crippen LogP contribution >= 0.6 is 0 Å². The van der Waals surface area contributed by atoms with Crippen molar-refractivity contribution < 1.29 is 4.79 Å². The summed E-state index contributed by atoms with van der Waals surface area (Å²) in [7, 11) is 0. The first kappa shape index (κ1) is 11.4. The molecule has 0 atom stereocenters. The van der Waals surface area contributed by atoms with E-state index in [1.807, 2.05) is 25.1 Å². The summed E-state index contributed by atoms with van der Waals surface area (Å²) in [5.74, 6) is -0.399. The molecule has 0 radical (unpaired) electrons. The molecule has 0 heterocycles. The Morgan fingerprint density at radius 3 is 2.53 bits per heavy atom. The summed E-state index contributed by atoms with van der Waals surface area (Å²) in [4.78, 5) is 11.2. The Hall–Kier alpha value is -1.71. The topological polar surface area (TPSA) is 81.1 Å². The van der Waals surface area contributed by atoms with Gasteiger partial charge in [-0.3, -0.25) is 4.79 Å². The second-order valence-electron chi connectivity index (χ2n) is 4.13. The number of hydrogen-bond donors (Lipinski definition) is 3. The maximum atomic E-state index is 11.2. The van der Waals surface area contributed by atoms with Crippen LogP contribution in [-0.2, 0) is 4.79 Å². The maximum absolute atomic E-state index is 11.2. The fourth-order valence-corrected chi connectivity index (χ4v) is 1.19. The van der Waals surface area contributed by atoms with Crippen molar-refractivity contribution in [2.24, 2.45) is 5.73 Å². The quantitative estimate of drug-likeness (QED) is 0.652. The van der Waals surface area contributed by atoms with Gasteiger partial charge in [-0.2, -0.15) is 0 Å².